The van der Waals surface area contributed by atoms with Gasteiger partial charge in [0.1, 0.15) is 0 Å². The number of hydrogen-bond donors (Lipinski definition) is 1. The zero-order valence-electron chi connectivity index (χ0n) is 17.9. The number of benzene rings is 2. The topological polar surface area (TPSA) is 107 Å². The average Bonchev–Trinajstić information content (AvgIpc) is 3.32. The van der Waals surface area contributed by atoms with Gasteiger partial charge < -0.3 is 9.47 Å². The molecule has 0 fully saturated rings. The monoisotopic (exact) mass is 420 g/mol. The van der Waals surface area contributed by atoms with Crippen LogP contribution in [0.25, 0.3) is 0 Å². The molecule has 0 radical (unpaired) electrons. The van der Waals surface area contributed by atoms with Crippen LogP contribution in [0.1, 0.15) is 69.1 Å². The summed E-state index contributed by atoms with van der Waals surface area (Å²) < 4.78 is 9.82. The molecule has 4 rings (SSSR count). The van der Waals surface area contributed by atoms with Gasteiger partial charge >= 0.3 is 11.9 Å². The molecular weight excluding hydrogens is 396 g/mol. The standard InChI is InChI=1S/C23H24N4O4/c1-13(2)12-23(22-24-26-27-25-22)18-7-5-14(20(28)30-3)9-16(18)11-17-10-15(21(29)31-4)6-8-19(17)23/h5-10,13H,11-12H2,1-4H3,(H,24,25,26,27). The van der Waals surface area contributed by atoms with E-state index in [1.807, 2.05) is 24.3 Å². The first-order valence-corrected chi connectivity index (χ1v) is 10.1. The van der Waals surface area contributed by atoms with Gasteiger partial charge in [0.05, 0.1) is 30.8 Å². The van der Waals surface area contributed by atoms with Crippen molar-refractivity contribution >= 4 is 11.9 Å². The molecule has 1 heterocycles. The second-order valence-electron chi connectivity index (χ2n) is 8.14. The zero-order valence-corrected chi connectivity index (χ0v) is 17.9. The van der Waals surface area contributed by atoms with Crippen LogP contribution in [0.4, 0.5) is 0 Å². The number of hydrogen-bond acceptors (Lipinski definition) is 7. The first kappa shape index (κ1) is 20.7. The van der Waals surface area contributed by atoms with Crippen molar-refractivity contribution in [2.45, 2.75) is 32.1 Å². The quantitative estimate of drug-likeness (QED) is 0.632. The molecule has 8 heteroatoms. The van der Waals surface area contributed by atoms with E-state index in [1.54, 1.807) is 12.1 Å². The Labute approximate surface area is 180 Å². The van der Waals surface area contributed by atoms with Gasteiger partial charge in [0.15, 0.2) is 5.82 Å². The van der Waals surface area contributed by atoms with E-state index in [0.717, 1.165) is 28.7 Å². The summed E-state index contributed by atoms with van der Waals surface area (Å²) in [7, 11) is 2.73. The highest BCUT2D eigenvalue weighted by Crippen LogP contribution is 2.49. The Morgan fingerprint density at radius 3 is 1.97 bits per heavy atom. The van der Waals surface area contributed by atoms with Gasteiger partial charge in [0, 0.05) is 0 Å². The van der Waals surface area contributed by atoms with Crippen LogP contribution in [0.2, 0.25) is 0 Å². The van der Waals surface area contributed by atoms with Crippen LogP contribution in [-0.4, -0.2) is 46.8 Å². The summed E-state index contributed by atoms with van der Waals surface area (Å²) in [5.41, 5.74) is 4.24. The molecule has 1 N–H and O–H groups in total. The fraction of sp³-hybridized carbons (Fsp3) is 0.348. The lowest BCUT2D eigenvalue weighted by Crippen LogP contribution is -2.37. The Hall–Kier alpha value is -3.55. The number of fused-ring (bicyclic) bond motifs is 2. The molecule has 3 aromatic rings. The van der Waals surface area contributed by atoms with Gasteiger partial charge in [-0.1, -0.05) is 31.2 Å². The molecule has 0 saturated heterocycles. The second kappa shape index (κ2) is 7.94. The van der Waals surface area contributed by atoms with Crippen molar-refractivity contribution in [3.05, 3.63) is 75.6 Å². The highest BCUT2D eigenvalue weighted by atomic mass is 16.5. The number of nitrogens with one attached hydrogen (secondary N) is 1. The molecule has 0 aliphatic heterocycles. The number of carbonyl (C=O) groups excluding carboxylic acids is 2. The molecule has 160 valence electrons. The van der Waals surface area contributed by atoms with Crippen LogP contribution < -0.4 is 0 Å². The van der Waals surface area contributed by atoms with E-state index >= 15 is 0 Å². The van der Waals surface area contributed by atoms with Crippen molar-refractivity contribution < 1.29 is 19.1 Å². The first-order chi connectivity index (χ1) is 14.9. The van der Waals surface area contributed by atoms with Crippen molar-refractivity contribution in [3.63, 3.8) is 0 Å². The van der Waals surface area contributed by atoms with Crippen LogP contribution in [0.3, 0.4) is 0 Å². The number of ether oxygens (including phenoxy) is 2. The molecule has 1 aromatic heterocycles. The second-order valence-corrected chi connectivity index (χ2v) is 8.14. The number of nitrogens with zero attached hydrogens (tertiary/aromatic N) is 3. The predicted octanol–water partition coefficient (Wildman–Crippen LogP) is 3.06. The molecular formula is C23H24N4O4. The van der Waals surface area contributed by atoms with Gasteiger partial charge in [-0.05, 0) is 65.3 Å². The van der Waals surface area contributed by atoms with Crippen molar-refractivity contribution in [1.29, 1.82) is 0 Å². The van der Waals surface area contributed by atoms with E-state index in [-0.39, 0.29) is 0 Å². The van der Waals surface area contributed by atoms with E-state index in [9.17, 15) is 9.59 Å². The average molecular weight is 420 g/mol. The number of methoxy groups -OCH3 is 2. The number of aromatic amines is 1. The fourth-order valence-electron chi connectivity index (χ4n) is 4.66. The summed E-state index contributed by atoms with van der Waals surface area (Å²) in [5.74, 6) is 0.0646. The molecule has 0 saturated carbocycles. The van der Waals surface area contributed by atoms with E-state index < -0.39 is 17.4 Å². The van der Waals surface area contributed by atoms with E-state index in [4.69, 9.17) is 9.47 Å². The van der Waals surface area contributed by atoms with E-state index in [1.165, 1.54) is 14.2 Å². The lowest BCUT2D eigenvalue weighted by molar-refractivity contribution is 0.0592. The molecule has 8 nitrogen and oxygen atoms in total. The van der Waals surface area contributed by atoms with Gasteiger partial charge in [-0.15, -0.1) is 10.2 Å². The van der Waals surface area contributed by atoms with Crippen molar-refractivity contribution in [2.75, 3.05) is 14.2 Å². The van der Waals surface area contributed by atoms with E-state index in [0.29, 0.717) is 29.3 Å². The number of H-pyrrole nitrogens is 1. The predicted molar refractivity (Wildman–Crippen MR) is 112 cm³/mol. The molecule has 31 heavy (non-hydrogen) atoms. The van der Waals surface area contributed by atoms with Crippen LogP contribution in [0.15, 0.2) is 36.4 Å². The maximum Gasteiger partial charge on any atom is 0.337 e. The first-order valence-electron chi connectivity index (χ1n) is 10.1. The van der Waals surface area contributed by atoms with Gasteiger partial charge in [0.25, 0.3) is 0 Å². The molecule has 0 spiro atoms. The van der Waals surface area contributed by atoms with Crippen LogP contribution in [0, 0.1) is 5.92 Å². The Morgan fingerprint density at radius 2 is 1.55 bits per heavy atom. The Bertz CT molecular complexity index is 1070. The summed E-state index contributed by atoms with van der Waals surface area (Å²) in [6, 6.07) is 11.2. The van der Waals surface area contributed by atoms with Crippen molar-refractivity contribution in [3.8, 4) is 0 Å². The largest absolute Gasteiger partial charge is 0.465 e. The Kier molecular flexibility index (Phi) is 5.31. The highest BCUT2D eigenvalue weighted by molar-refractivity contribution is 5.91. The normalized spacial score (nSPS) is 14.0. The van der Waals surface area contributed by atoms with Gasteiger partial charge in [-0.25, -0.2) is 9.59 Å². The Balaban J connectivity index is 2.02. The highest BCUT2D eigenvalue weighted by Gasteiger charge is 2.46. The number of rotatable bonds is 5. The SMILES string of the molecule is COC(=O)c1ccc2c(c1)Cc1cc(C(=O)OC)ccc1C2(CC(C)C)c1nn[nH]n1. The van der Waals surface area contributed by atoms with Gasteiger partial charge in [-0.3, -0.25) is 0 Å². The van der Waals surface area contributed by atoms with Gasteiger partial charge in [-0.2, -0.15) is 5.21 Å². The van der Waals surface area contributed by atoms with Crippen molar-refractivity contribution in [1.82, 2.24) is 20.6 Å². The molecule has 0 amide bonds. The van der Waals surface area contributed by atoms with Crippen LogP contribution in [-0.2, 0) is 21.3 Å². The molecule has 0 atom stereocenters. The summed E-state index contributed by atoms with van der Waals surface area (Å²) in [6.45, 7) is 4.28. The molecule has 1 aliphatic rings. The lowest BCUT2D eigenvalue weighted by atomic mass is 9.62. The minimum atomic E-state index is -0.673. The molecule has 1 aliphatic carbocycles. The smallest absolute Gasteiger partial charge is 0.337 e. The summed E-state index contributed by atoms with van der Waals surface area (Å²) in [6.07, 6.45) is 1.28. The third-order valence-corrected chi connectivity index (χ3v) is 5.79. The minimum Gasteiger partial charge on any atom is -0.465 e. The molecule has 2 aromatic carbocycles. The maximum atomic E-state index is 12.2. The zero-order chi connectivity index (χ0) is 22.2. The molecule has 0 unspecified atom stereocenters. The van der Waals surface area contributed by atoms with E-state index in [2.05, 4.69) is 34.5 Å². The third-order valence-electron chi connectivity index (χ3n) is 5.79. The summed E-state index contributed by atoms with van der Waals surface area (Å²) in [5, 5.41) is 15.2. The third kappa shape index (κ3) is 3.37. The number of aromatic nitrogens is 4. The van der Waals surface area contributed by atoms with Crippen molar-refractivity contribution in [2.24, 2.45) is 5.92 Å². The fourth-order valence-corrected chi connectivity index (χ4v) is 4.66. The number of tetrazole rings is 1. The number of carbonyl (C=O) groups is 2. The van der Waals surface area contributed by atoms with Crippen LogP contribution >= 0.6 is 0 Å². The lowest BCUT2D eigenvalue weighted by Gasteiger charge is -2.40. The summed E-state index contributed by atoms with van der Waals surface area (Å²) >= 11 is 0. The maximum absolute atomic E-state index is 12.2. The van der Waals surface area contributed by atoms with Crippen LogP contribution in [0.5, 0.6) is 0 Å². The number of esters is 2. The minimum absolute atomic E-state index is 0.304. The summed E-state index contributed by atoms with van der Waals surface area (Å²) in [4.78, 5) is 24.3. The van der Waals surface area contributed by atoms with Gasteiger partial charge in [0.2, 0.25) is 0 Å². The Morgan fingerprint density at radius 1 is 1.00 bits per heavy atom. The molecule has 0 bridgehead atoms.